The summed E-state index contributed by atoms with van der Waals surface area (Å²) in [4.78, 5) is 33.2. The second-order valence-corrected chi connectivity index (χ2v) is 4.14. The van der Waals surface area contributed by atoms with E-state index in [1.54, 1.807) is 25.1 Å². The normalized spacial score (nSPS) is 10.7. The monoisotopic (exact) mass is 261 g/mol. The molecule has 0 N–H and O–H groups in total. The quantitative estimate of drug-likeness (QED) is 0.764. The lowest BCUT2D eigenvalue weighted by Gasteiger charge is -2.15. The molecule has 0 saturated heterocycles. The van der Waals surface area contributed by atoms with Crippen molar-refractivity contribution >= 4 is 16.8 Å². The molecule has 0 aliphatic rings. The second-order valence-electron chi connectivity index (χ2n) is 4.14. The Morgan fingerprint density at radius 1 is 1.42 bits per heavy atom. The van der Waals surface area contributed by atoms with Crippen molar-refractivity contribution in [3.8, 4) is 0 Å². The van der Waals surface area contributed by atoms with Crippen molar-refractivity contribution in [2.75, 3.05) is 14.2 Å². The number of carbonyl (C=O) groups is 1. The van der Waals surface area contributed by atoms with Gasteiger partial charge >= 0.3 is 0 Å². The van der Waals surface area contributed by atoms with Gasteiger partial charge < -0.3 is 0 Å². The van der Waals surface area contributed by atoms with E-state index in [0.29, 0.717) is 16.7 Å². The van der Waals surface area contributed by atoms with Crippen molar-refractivity contribution in [3.05, 3.63) is 40.4 Å². The molecule has 1 aromatic carbocycles. The first-order valence-electron chi connectivity index (χ1n) is 5.81. The fourth-order valence-corrected chi connectivity index (χ4v) is 1.80. The van der Waals surface area contributed by atoms with E-state index in [9.17, 15) is 9.59 Å². The number of benzene rings is 1. The van der Waals surface area contributed by atoms with Gasteiger partial charge in [-0.2, -0.15) is 0 Å². The van der Waals surface area contributed by atoms with Crippen LogP contribution < -0.4 is 5.56 Å². The molecule has 6 nitrogen and oxygen atoms in total. The highest BCUT2D eigenvalue weighted by atomic mass is 16.7. The van der Waals surface area contributed by atoms with Gasteiger partial charge in [0.25, 0.3) is 11.5 Å². The average Bonchev–Trinajstić information content (AvgIpc) is 2.42. The smallest absolute Gasteiger partial charge is 0.265 e. The molecule has 1 amide bonds. The van der Waals surface area contributed by atoms with Crippen molar-refractivity contribution < 1.29 is 9.63 Å². The third-order valence-electron chi connectivity index (χ3n) is 2.97. The van der Waals surface area contributed by atoms with E-state index < -0.39 is 0 Å². The van der Waals surface area contributed by atoms with E-state index >= 15 is 0 Å². The summed E-state index contributed by atoms with van der Waals surface area (Å²) in [6.45, 7) is 1.61. The molecule has 100 valence electrons. The molecule has 0 radical (unpaired) electrons. The van der Waals surface area contributed by atoms with Gasteiger partial charge in [-0.1, -0.05) is 12.1 Å². The summed E-state index contributed by atoms with van der Waals surface area (Å²) >= 11 is 0. The van der Waals surface area contributed by atoms with E-state index in [1.165, 1.54) is 18.7 Å². The lowest BCUT2D eigenvalue weighted by Crippen LogP contribution is -2.34. The summed E-state index contributed by atoms with van der Waals surface area (Å²) in [6.07, 6.45) is 0. The van der Waals surface area contributed by atoms with Gasteiger partial charge in [0, 0.05) is 7.05 Å². The molecule has 1 aromatic heterocycles. The Morgan fingerprint density at radius 3 is 2.79 bits per heavy atom. The molecule has 0 saturated carbocycles. The van der Waals surface area contributed by atoms with Crippen molar-refractivity contribution in [2.24, 2.45) is 0 Å². The largest absolute Gasteiger partial charge is 0.287 e. The highest BCUT2D eigenvalue weighted by Crippen LogP contribution is 2.07. The fraction of sp³-hybridized carbons (Fsp3) is 0.308. The Bertz CT molecular complexity index is 678. The summed E-state index contributed by atoms with van der Waals surface area (Å²) < 4.78 is 1.35. The summed E-state index contributed by atoms with van der Waals surface area (Å²) in [5, 5.41) is 1.59. The van der Waals surface area contributed by atoms with Gasteiger partial charge in [-0.25, -0.2) is 10.0 Å². The standard InChI is InChI=1S/C13H15N3O3/c1-9-14-11-7-5-4-6-10(11)13(18)16(9)8-12(17)15(2)19-3/h4-7H,8H2,1-3H3. The first kappa shape index (κ1) is 13.2. The molecule has 6 heteroatoms. The van der Waals surface area contributed by atoms with E-state index in [-0.39, 0.29) is 18.0 Å². The van der Waals surface area contributed by atoms with Crippen molar-refractivity contribution in [1.29, 1.82) is 0 Å². The first-order valence-corrected chi connectivity index (χ1v) is 5.81. The number of hydrogen-bond donors (Lipinski definition) is 0. The minimum atomic E-state index is -0.315. The van der Waals surface area contributed by atoms with Gasteiger partial charge in [-0.05, 0) is 19.1 Å². The van der Waals surface area contributed by atoms with E-state index in [0.717, 1.165) is 5.06 Å². The molecule has 19 heavy (non-hydrogen) atoms. The van der Waals surface area contributed by atoms with Crippen LogP contribution in [-0.2, 0) is 16.2 Å². The predicted molar refractivity (Wildman–Crippen MR) is 70.5 cm³/mol. The molecule has 0 aliphatic carbocycles. The van der Waals surface area contributed by atoms with E-state index in [2.05, 4.69) is 4.98 Å². The number of fused-ring (bicyclic) bond motifs is 1. The summed E-state index contributed by atoms with van der Waals surface area (Å²) in [7, 11) is 2.89. The number of para-hydroxylation sites is 1. The number of hydrogen-bond acceptors (Lipinski definition) is 4. The number of aryl methyl sites for hydroxylation is 1. The minimum Gasteiger partial charge on any atom is -0.287 e. The van der Waals surface area contributed by atoms with Crippen molar-refractivity contribution in [1.82, 2.24) is 14.6 Å². The molecule has 0 aliphatic heterocycles. The fourth-order valence-electron chi connectivity index (χ4n) is 1.80. The molecular formula is C13H15N3O3. The second kappa shape index (κ2) is 5.19. The van der Waals surface area contributed by atoms with Crippen LogP contribution in [0, 0.1) is 6.92 Å². The summed E-state index contributed by atoms with van der Waals surface area (Å²) in [5.74, 6) is 0.186. The van der Waals surface area contributed by atoms with Crippen molar-refractivity contribution in [3.63, 3.8) is 0 Å². The zero-order valence-corrected chi connectivity index (χ0v) is 11.1. The molecule has 2 rings (SSSR count). The number of hydroxylamine groups is 2. The van der Waals surface area contributed by atoms with Crippen LogP contribution in [0.3, 0.4) is 0 Å². The molecule has 0 unspecified atom stereocenters. The Balaban J connectivity index is 2.49. The summed E-state index contributed by atoms with van der Waals surface area (Å²) in [6, 6.07) is 7.07. The molecule has 0 bridgehead atoms. The number of aromatic nitrogens is 2. The van der Waals surface area contributed by atoms with Gasteiger partial charge in [0.1, 0.15) is 12.4 Å². The van der Waals surface area contributed by atoms with E-state index in [4.69, 9.17) is 4.84 Å². The predicted octanol–water partition coefficient (Wildman–Crippen LogP) is 0.725. The Hall–Kier alpha value is -2.21. The number of rotatable bonds is 3. The van der Waals surface area contributed by atoms with Crippen LogP contribution in [0.4, 0.5) is 0 Å². The van der Waals surface area contributed by atoms with Crippen LogP contribution in [0.2, 0.25) is 0 Å². The number of carbonyl (C=O) groups excluding carboxylic acids is 1. The number of likely N-dealkylation sites (N-methyl/N-ethyl adjacent to an activating group) is 1. The molecule has 1 heterocycles. The zero-order chi connectivity index (χ0) is 14.0. The van der Waals surface area contributed by atoms with Gasteiger partial charge in [0.15, 0.2) is 0 Å². The SMILES string of the molecule is CON(C)C(=O)Cn1c(C)nc2ccccc2c1=O. The molecule has 2 aromatic rings. The molecular weight excluding hydrogens is 246 g/mol. The molecule has 0 spiro atoms. The van der Waals surface area contributed by atoms with Crippen LogP contribution in [0.1, 0.15) is 5.82 Å². The molecule has 0 atom stereocenters. The third-order valence-corrected chi connectivity index (χ3v) is 2.97. The van der Waals surface area contributed by atoms with Crippen LogP contribution in [0.25, 0.3) is 10.9 Å². The van der Waals surface area contributed by atoms with Crippen molar-refractivity contribution in [2.45, 2.75) is 13.5 Å². The van der Waals surface area contributed by atoms with Crippen LogP contribution >= 0.6 is 0 Å². The number of nitrogens with zero attached hydrogens (tertiary/aromatic N) is 3. The Morgan fingerprint density at radius 2 is 2.11 bits per heavy atom. The Labute approximate surface area is 110 Å². The van der Waals surface area contributed by atoms with Crippen LogP contribution in [-0.4, -0.2) is 34.7 Å². The lowest BCUT2D eigenvalue weighted by molar-refractivity contribution is -0.169. The lowest BCUT2D eigenvalue weighted by atomic mass is 10.2. The van der Waals surface area contributed by atoms with Gasteiger partial charge in [-0.3, -0.25) is 19.0 Å². The maximum atomic E-state index is 12.3. The minimum absolute atomic E-state index is 0.0904. The maximum absolute atomic E-state index is 12.3. The highest BCUT2D eigenvalue weighted by molar-refractivity contribution is 5.78. The average molecular weight is 261 g/mol. The Kier molecular flexibility index (Phi) is 3.62. The summed E-state index contributed by atoms with van der Waals surface area (Å²) in [5.41, 5.74) is 0.412. The molecule has 0 fully saturated rings. The van der Waals surface area contributed by atoms with E-state index in [1.807, 2.05) is 6.07 Å². The number of amides is 1. The third kappa shape index (κ3) is 2.48. The maximum Gasteiger partial charge on any atom is 0.265 e. The van der Waals surface area contributed by atoms with Crippen LogP contribution in [0.15, 0.2) is 29.1 Å². The van der Waals surface area contributed by atoms with Crippen LogP contribution in [0.5, 0.6) is 0 Å². The van der Waals surface area contributed by atoms with Gasteiger partial charge in [0.05, 0.1) is 18.0 Å². The zero-order valence-electron chi connectivity index (χ0n) is 11.1. The first-order chi connectivity index (χ1) is 9.04. The highest BCUT2D eigenvalue weighted by Gasteiger charge is 2.14. The van der Waals surface area contributed by atoms with Gasteiger partial charge in [-0.15, -0.1) is 0 Å². The topological polar surface area (TPSA) is 64.4 Å². The van der Waals surface area contributed by atoms with Gasteiger partial charge in [0.2, 0.25) is 0 Å².